The smallest absolute Gasteiger partial charge is 0.300 e. The summed E-state index contributed by atoms with van der Waals surface area (Å²) in [6.45, 7) is -0.897. The number of nitrogens with zero attached hydrogens (tertiary/aromatic N) is 5. The van der Waals surface area contributed by atoms with Crippen LogP contribution in [0.15, 0.2) is 17.0 Å². The maximum Gasteiger partial charge on any atom is 0.300 e. The summed E-state index contributed by atoms with van der Waals surface area (Å²) < 4.78 is 55.9. The molecule has 1 fully saturated rings. The van der Waals surface area contributed by atoms with Crippen LogP contribution in [0.4, 0.5) is 17.1 Å². The van der Waals surface area contributed by atoms with Crippen LogP contribution in [0.25, 0.3) is 0 Å². The Kier molecular flexibility index (Phi) is 11.1. The molecule has 1 aromatic rings. The lowest BCUT2D eigenvalue weighted by molar-refractivity contribution is -0.394. The van der Waals surface area contributed by atoms with Crippen LogP contribution in [-0.2, 0) is 24.3 Å². The van der Waals surface area contributed by atoms with E-state index in [9.17, 15) is 42.2 Å². The summed E-state index contributed by atoms with van der Waals surface area (Å²) in [5, 5.41) is 42.3. The third-order valence-corrected chi connectivity index (χ3v) is 8.27. The molecule has 1 aliphatic heterocycles. The third-order valence-electron chi connectivity index (χ3n) is 5.41. The van der Waals surface area contributed by atoms with E-state index in [4.69, 9.17) is 9.29 Å². The van der Waals surface area contributed by atoms with Crippen LogP contribution in [0.5, 0.6) is 0 Å². The number of β-amino-alcohol motifs (C(OH)–C–C–N with tert-alkyl or cyclic N) is 1. The van der Waals surface area contributed by atoms with Crippen LogP contribution >= 0.6 is 15.9 Å². The Labute approximate surface area is 222 Å². The van der Waals surface area contributed by atoms with Crippen LogP contribution in [0, 0.1) is 20.2 Å². The topological polar surface area (TPSA) is 214 Å². The molecule has 1 aliphatic rings. The van der Waals surface area contributed by atoms with E-state index in [1.807, 2.05) is 0 Å². The minimum atomic E-state index is -4.51. The van der Waals surface area contributed by atoms with Crippen molar-refractivity contribution in [3.63, 3.8) is 0 Å². The normalized spacial score (nSPS) is 16.4. The number of nitro benzene ring substituents is 2. The summed E-state index contributed by atoms with van der Waals surface area (Å²) in [5.41, 5.74) is -2.06. The van der Waals surface area contributed by atoms with E-state index in [0.29, 0.717) is 6.07 Å². The van der Waals surface area contributed by atoms with Gasteiger partial charge in [0.05, 0.1) is 41.5 Å². The van der Waals surface area contributed by atoms with E-state index in [2.05, 4.69) is 15.9 Å². The van der Waals surface area contributed by atoms with Crippen molar-refractivity contribution in [3.8, 4) is 0 Å². The predicted molar refractivity (Wildman–Crippen MR) is 135 cm³/mol. The van der Waals surface area contributed by atoms with Gasteiger partial charge >= 0.3 is 5.69 Å². The number of sulfonamides is 1. The number of alkyl halides is 1. The van der Waals surface area contributed by atoms with E-state index >= 15 is 0 Å². The Morgan fingerprint density at radius 2 is 1.73 bits per heavy atom. The minimum Gasteiger partial charge on any atom is -0.394 e. The van der Waals surface area contributed by atoms with Gasteiger partial charge in [0, 0.05) is 57.2 Å². The zero-order valence-corrected chi connectivity index (χ0v) is 23.0. The lowest BCUT2D eigenvalue weighted by atomic mass is 10.2. The highest BCUT2D eigenvalue weighted by Crippen LogP contribution is 2.40. The number of benzene rings is 1. The van der Waals surface area contributed by atoms with Crippen molar-refractivity contribution in [2.24, 2.45) is 0 Å². The number of anilines is 1. The van der Waals surface area contributed by atoms with Gasteiger partial charge in [-0.15, -0.1) is 0 Å². The lowest BCUT2D eigenvalue weighted by Gasteiger charge is -2.35. The summed E-state index contributed by atoms with van der Waals surface area (Å²) >= 11 is 3.18. The average Bonchev–Trinajstić information content (AvgIpc) is 2.82. The van der Waals surface area contributed by atoms with Gasteiger partial charge in [-0.2, -0.15) is 12.7 Å². The first-order chi connectivity index (χ1) is 17.2. The van der Waals surface area contributed by atoms with Gasteiger partial charge in [0.25, 0.3) is 15.8 Å². The third kappa shape index (κ3) is 8.50. The summed E-state index contributed by atoms with van der Waals surface area (Å²) in [6.07, 6.45) is -0.202. The molecule has 19 heteroatoms. The molecule has 0 radical (unpaired) electrons. The second-order valence-corrected chi connectivity index (χ2v) is 12.4. The van der Waals surface area contributed by atoms with E-state index in [-0.39, 0.29) is 51.1 Å². The second-order valence-electron chi connectivity index (χ2n) is 8.07. The van der Waals surface area contributed by atoms with Crippen LogP contribution in [0.3, 0.4) is 0 Å². The Hall–Kier alpha value is -2.00. The van der Waals surface area contributed by atoms with Crippen molar-refractivity contribution in [2.45, 2.75) is 11.0 Å². The molecule has 210 valence electrons. The van der Waals surface area contributed by atoms with E-state index < -0.39 is 71.3 Å². The highest BCUT2D eigenvalue weighted by Gasteiger charge is 2.38. The fourth-order valence-electron chi connectivity index (χ4n) is 3.72. The first-order valence-corrected chi connectivity index (χ1v) is 15.2. The number of rotatable bonds is 14. The lowest BCUT2D eigenvalue weighted by Crippen LogP contribution is -2.50. The summed E-state index contributed by atoms with van der Waals surface area (Å²) in [5.74, 6) is 0. The molecule has 1 unspecified atom stereocenters. The standard InChI is InChI=1S/C18H28BrN5O11S2/c1-36(31,32)35-9-8-21(3-2-19)18-16(24(29)30)10-14(23(27)28)11-17(18)37(33,34)22-6-4-20(5-7-22)12-15(26)13-25/h10-11,15,25-26H,2-9,12-13H2,1H3. The Bertz CT molecular complexity index is 1190. The van der Waals surface area contributed by atoms with Gasteiger partial charge in [0.2, 0.25) is 10.0 Å². The molecule has 2 N–H and O–H groups in total. The van der Waals surface area contributed by atoms with Crippen molar-refractivity contribution in [2.75, 3.05) is 75.5 Å². The van der Waals surface area contributed by atoms with Gasteiger partial charge in [0.1, 0.15) is 10.6 Å². The fraction of sp³-hybridized carbons (Fsp3) is 0.667. The van der Waals surface area contributed by atoms with Gasteiger partial charge in [-0.1, -0.05) is 15.9 Å². The van der Waals surface area contributed by atoms with Gasteiger partial charge in [0.15, 0.2) is 0 Å². The summed E-state index contributed by atoms with van der Waals surface area (Å²) in [6, 6.07) is 1.40. The maximum atomic E-state index is 13.7. The van der Waals surface area contributed by atoms with E-state index in [0.717, 1.165) is 16.6 Å². The number of halogens is 1. The fourth-order valence-corrected chi connectivity index (χ4v) is 6.20. The average molecular weight is 634 g/mol. The SMILES string of the molecule is CS(=O)(=O)OCCN(CCBr)c1c([N+](=O)[O-])cc([N+](=O)[O-])cc1S(=O)(=O)N1CCN(CC(O)CO)CC1. The number of hydrogen-bond donors (Lipinski definition) is 2. The molecule has 2 rings (SSSR count). The molecule has 16 nitrogen and oxygen atoms in total. The Morgan fingerprint density at radius 1 is 1.11 bits per heavy atom. The number of hydrogen-bond acceptors (Lipinski definition) is 13. The molecule has 0 aliphatic carbocycles. The molecule has 0 aromatic heterocycles. The quantitative estimate of drug-likeness (QED) is 0.113. The molecule has 0 saturated carbocycles. The van der Waals surface area contributed by atoms with Gasteiger partial charge < -0.3 is 15.1 Å². The van der Waals surface area contributed by atoms with Crippen molar-refractivity contribution >= 4 is 53.1 Å². The first kappa shape index (κ1) is 31.2. The highest BCUT2D eigenvalue weighted by atomic mass is 79.9. The molecule has 1 heterocycles. The van der Waals surface area contributed by atoms with Crippen LogP contribution in [0.2, 0.25) is 0 Å². The monoisotopic (exact) mass is 633 g/mol. The number of aliphatic hydroxyl groups is 2. The van der Waals surface area contributed by atoms with Crippen LogP contribution in [0.1, 0.15) is 0 Å². The molecule has 37 heavy (non-hydrogen) atoms. The van der Waals surface area contributed by atoms with Gasteiger partial charge in [-0.3, -0.25) is 29.3 Å². The largest absolute Gasteiger partial charge is 0.394 e. The van der Waals surface area contributed by atoms with Crippen LogP contribution in [-0.4, -0.2) is 123 Å². The van der Waals surface area contributed by atoms with E-state index in [1.165, 1.54) is 4.90 Å². The molecule has 0 amide bonds. The van der Waals surface area contributed by atoms with Crippen molar-refractivity contribution in [1.29, 1.82) is 0 Å². The molecule has 0 bridgehead atoms. The molecular weight excluding hydrogens is 606 g/mol. The van der Waals surface area contributed by atoms with Crippen molar-refractivity contribution < 1.29 is 41.1 Å². The number of nitro groups is 2. The minimum absolute atomic E-state index is 0.0128. The molecule has 0 spiro atoms. The molecule has 1 saturated heterocycles. The van der Waals surface area contributed by atoms with Gasteiger partial charge in [-0.25, -0.2) is 8.42 Å². The van der Waals surface area contributed by atoms with Crippen molar-refractivity contribution in [3.05, 3.63) is 32.4 Å². The number of piperazine rings is 1. The zero-order chi connectivity index (χ0) is 28.0. The Balaban J connectivity index is 2.57. The Morgan fingerprint density at radius 3 is 2.22 bits per heavy atom. The predicted octanol–water partition coefficient (Wildman–Crippen LogP) is -0.660. The first-order valence-electron chi connectivity index (χ1n) is 10.8. The summed E-state index contributed by atoms with van der Waals surface area (Å²) in [7, 11) is -8.37. The highest BCUT2D eigenvalue weighted by molar-refractivity contribution is 9.09. The van der Waals surface area contributed by atoms with Crippen molar-refractivity contribution in [1.82, 2.24) is 9.21 Å². The number of aliphatic hydroxyl groups excluding tert-OH is 2. The number of non-ortho nitro benzene ring substituents is 1. The zero-order valence-electron chi connectivity index (χ0n) is 19.8. The summed E-state index contributed by atoms with van der Waals surface area (Å²) in [4.78, 5) is 23.8. The maximum absolute atomic E-state index is 13.7. The second kappa shape index (κ2) is 13.2. The van der Waals surface area contributed by atoms with Crippen LogP contribution < -0.4 is 4.90 Å². The van der Waals surface area contributed by atoms with Gasteiger partial charge in [-0.05, 0) is 0 Å². The molecule has 1 atom stereocenters. The molecule has 1 aromatic carbocycles. The van der Waals surface area contributed by atoms with E-state index in [1.54, 1.807) is 4.90 Å². The molecular formula is C18H28BrN5O11S2.